The normalized spacial score (nSPS) is 12.0. The van der Waals surface area contributed by atoms with Crippen LogP contribution in [0.25, 0.3) is 110 Å². The Morgan fingerprint density at radius 3 is 1.45 bits per heavy atom. The van der Waals surface area contributed by atoms with Crippen LogP contribution in [0.1, 0.15) is 0 Å². The van der Waals surface area contributed by atoms with Gasteiger partial charge in [0.2, 0.25) is 0 Å². The molecule has 0 saturated heterocycles. The molecule has 0 saturated carbocycles. The molecule has 55 heavy (non-hydrogen) atoms. The van der Waals surface area contributed by atoms with E-state index in [2.05, 4.69) is 191 Å². The third-order valence-electron chi connectivity index (χ3n) is 11.5. The van der Waals surface area contributed by atoms with Crippen LogP contribution in [-0.2, 0) is 0 Å². The minimum Gasteiger partial charge on any atom is -0.456 e. The van der Waals surface area contributed by atoms with Crippen molar-refractivity contribution in [2.45, 2.75) is 0 Å². The molecule has 0 amide bonds. The molecule has 3 heteroatoms. The Labute approximate surface area is 316 Å². The van der Waals surface area contributed by atoms with E-state index in [1.807, 2.05) is 12.1 Å². The number of benzene rings is 9. The standard InChI is InChI=1S/C52H32N2O/c1-3-11-33(12-4-1)36-19-23-48-42(28-36)43-29-37(21-25-49(43)54(48)40-22-26-52-46(32-40)41-17-9-10-18-51(41)55-52)38-20-24-47-44(30-38)45-27-34-13-7-8-14-35(34)31-50(45)53(47)39-15-5-2-6-16-39/h1-32H. The fourth-order valence-corrected chi connectivity index (χ4v) is 8.88. The quantitative estimate of drug-likeness (QED) is 0.179. The molecule has 256 valence electrons. The summed E-state index contributed by atoms with van der Waals surface area (Å²) < 4.78 is 11.0. The summed E-state index contributed by atoms with van der Waals surface area (Å²) in [7, 11) is 0. The van der Waals surface area contributed by atoms with Crippen LogP contribution in [0.4, 0.5) is 0 Å². The van der Waals surface area contributed by atoms with Gasteiger partial charge >= 0.3 is 0 Å². The zero-order valence-corrected chi connectivity index (χ0v) is 29.8. The van der Waals surface area contributed by atoms with Crippen molar-refractivity contribution in [3.05, 3.63) is 194 Å². The number of hydrogen-bond donors (Lipinski definition) is 0. The highest BCUT2D eigenvalue weighted by Gasteiger charge is 2.18. The van der Waals surface area contributed by atoms with E-state index in [0.717, 1.165) is 33.3 Å². The molecule has 0 atom stereocenters. The maximum Gasteiger partial charge on any atom is 0.135 e. The first kappa shape index (κ1) is 30.1. The molecule has 0 bridgehead atoms. The predicted octanol–water partition coefficient (Wildman–Crippen LogP) is 14.3. The molecule has 0 spiro atoms. The number of para-hydroxylation sites is 2. The molecule has 3 heterocycles. The Balaban J connectivity index is 1.10. The first-order chi connectivity index (χ1) is 27.2. The van der Waals surface area contributed by atoms with Crippen LogP contribution in [0, 0.1) is 0 Å². The largest absolute Gasteiger partial charge is 0.456 e. The van der Waals surface area contributed by atoms with Crippen LogP contribution >= 0.6 is 0 Å². The van der Waals surface area contributed by atoms with Crippen LogP contribution in [-0.4, -0.2) is 9.13 Å². The molecule has 0 radical (unpaired) electrons. The second kappa shape index (κ2) is 11.6. The molecule has 0 fully saturated rings. The summed E-state index contributed by atoms with van der Waals surface area (Å²) in [6, 6.07) is 70.5. The van der Waals surface area contributed by atoms with E-state index >= 15 is 0 Å². The van der Waals surface area contributed by atoms with E-state index in [0.29, 0.717) is 0 Å². The Hall–Kier alpha value is -7.36. The van der Waals surface area contributed by atoms with Crippen molar-refractivity contribution in [1.29, 1.82) is 0 Å². The van der Waals surface area contributed by atoms with E-state index in [1.165, 1.54) is 76.6 Å². The number of hydrogen-bond acceptors (Lipinski definition) is 1. The summed E-state index contributed by atoms with van der Waals surface area (Å²) in [4.78, 5) is 0. The van der Waals surface area contributed by atoms with Crippen molar-refractivity contribution in [2.75, 3.05) is 0 Å². The van der Waals surface area contributed by atoms with E-state index in [9.17, 15) is 0 Å². The third kappa shape index (κ3) is 4.57. The van der Waals surface area contributed by atoms with Crippen LogP contribution in [0.2, 0.25) is 0 Å². The van der Waals surface area contributed by atoms with Crippen molar-refractivity contribution >= 4 is 76.3 Å². The fourth-order valence-electron chi connectivity index (χ4n) is 8.88. The molecule has 0 N–H and O–H groups in total. The molecule has 9 aromatic carbocycles. The van der Waals surface area contributed by atoms with Crippen molar-refractivity contribution in [1.82, 2.24) is 9.13 Å². The Bertz CT molecular complexity index is 3470. The Kier molecular flexibility index (Phi) is 6.34. The minimum atomic E-state index is 0.899. The fraction of sp³-hybridized carbons (Fsp3) is 0. The van der Waals surface area contributed by atoms with Gasteiger partial charge in [0.05, 0.1) is 22.1 Å². The van der Waals surface area contributed by atoms with Gasteiger partial charge < -0.3 is 13.6 Å². The van der Waals surface area contributed by atoms with Gasteiger partial charge in [-0.25, -0.2) is 0 Å². The SMILES string of the molecule is c1ccc(-c2ccc3c(c2)c2cc(-c4ccc5c(c4)c4cc6ccccc6cc4n5-c4ccccc4)ccc2n3-c2ccc3oc4ccccc4c3c2)cc1. The van der Waals surface area contributed by atoms with Gasteiger partial charge in [-0.15, -0.1) is 0 Å². The van der Waals surface area contributed by atoms with Gasteiger partial charge in [-0.2, -0.15) is 0 Å². The Morgan fingerprint density at radius 1 is 0.273 bits per heavy atom. The van der Waals surface area contributed by atoms with E-state index in [4.69, 9.17) is 4.42 Å². The predicted molar refractivity (Wildman–Crippen MR) is 231 cm³/mol. The van der Waals surface area contributed by atoms with Gasteiger partial charge in [0.1, 0.15) is 11.2 Å². The van der Waals surface area contributed by atoms with Crippen molar-refractivity contribution in [3.63, 3.8) is 0 Å². The van der Waals surface area contributed by atoms with Crippen molar-refractivity contribution in [2.24, 2.45) is 0 Å². The number of rotatable bonds is 4. The zero-order chi connectivity index (χ0) is 36.0. The summed E-state index contributed by atoms with van der Waals surface area (Å²) in [6.45, 7) is 0. The molecule has 3 aromatic heterocycles. The van der Waals surface area contributed by atoms with E-state index < -0.39 is 0 Å². The molecular weight excluding hydrogens is 669 g/mol. The van der Waals surface area contributed by atoms with Crippen LogP contribution < -0.4 is 0 Å². The molecule has 0 aliphatic carbocycles. The molecular formula is C52H32N2O. The average molecular weight is 701 g/mol. The van der Waals surface area contributed by atoms with Gasteiger partial charge in [-0.1, -0.05) is 109 Å². The van der Waals surface area contributed by atoms with E-state index in [1.54, 1.807) is 0 Å². The number of fused-ring (bicyclic) bond motifs is 10. The van der Waals surface area contributed by atoms with Gasteiger partial charge in [0.25, 0.3) is 0 Å². The zero-order valence-electron chi connectivity index (χ0n) is 29.8. The summed E-state index contributed by atoms with van der Waals surface area (Å²) in [5.41, 5.74) is 13.6. The first-order valence-corrected chi connectivity index (χ1v) is 18.8. The lowest BCUT2D eigenvalue weighted by Gasteiger charge is -2.10. The van der Waals surface area contributed by atoms with E-state index in [-0.39, 0.29) is 0 Å². The topological polar surface area (TPSA) is 23.0 Å². The molecule has 12 rings (SSSR count). The monoisotopic (exact) mass is 700 g/mol. The summed E-state index contributed by atoms with van der Waals surface area (Å²) in [6.07, 6.45) is 0. The molecule has 12 aromatic rings. The highest BCUT2D eigenvalue weighted by molar-refractivity contribution is 6.16. The first-order valence-electron chi connectivity index (χ1n) is 18.8. The minimum absolute atomic E-state index is 0.899. The summed E-state index contributed by atoms with van der Waals surface area (Å²) >= 11 is 0. The lowest BCUT2D eigenvalue weighted by Crippen LogP contribution is -1.94. The van der Waals surface area contributed by atoms with Gasteiger partial charge in [0.15, 0.2) is 0 Å². The average Bonchev–Trinajstić information content (AvgIpc) is 3.89. The van der Waals surface area contributed by atoms with Crippen LogP contribution in [0.15, 0.2) is 199 Å². The van der Waals surface area contributed by atoms with Gasteiger partial charge in [-0.3, -0.25) is 0 Å². The molecule has 3 nitrogen and oxygen atoms in total. The smallest absolute Gasteiger partial charge is 0.135 e. The second-order valence-corrected chi connectivity index (χ2v) is 14.6. The summed E-state index contributed by atoms with van der Waals surface area (Å²) in [5.74, 6) is 0. The maximum atomic E-state index is 6.22. The molecule has 0 aliphatic rings. The lowest BCUT2D eigenvalue weighted by molar-refractivity contribution is 0.669. The van der Waals surface area contributed by atoms with Crippen LogP contribution in [0.3, 0.4) is 0 Å². The summed E-state index contributed by atoms with van der Waals surface area (Å²) in [5, 5.41) is 9.69. The lowest BCUT2D eigenvalue weighted by atomic mass is 9.99. The highest BCUT2D eigenvalue weighted by atomic mass is 16.3. The molecule has 0 unspecified atom stereocenters. The van der Waals surface area contributed by atoms with Crippen molar-refractivity contribution in [3.8, 4) is 33.6 Å². The van der Waals surface area contributed by atoms with Gasteiger partial charge in [-0.05, 0) is 118 Å². The van der Waals surface area contributed by atoms with Crippen LogP contribution in [0.5, 0.6) is 0 Å². The number of aromatic nitrogens is 2. The number of nitrogens with zero attached hydrogens (tertiary/aromatic N) is 2. The van der Waals surface area contributed by atoms with Crippen molar-refractivity contribution < 1.29 is 4.42 Å². The van der Waals surface area contributed by atoms with Gasteiger partial charge in [0, 0.05) is 43.7 Å². The second-order valence-electron chi connectivity index (χ2n) is 14.6. The third-order valence-corrected chi connectivity index (χ3v) is 11.5. The highest BCUT2D eigenvalue weighted by Crippen LogP contribution is 2.41. The Morgan fingerprint density at radius 2 is 0.782 bits per heavy atom. The molecule has 0 aliphatic heterocycles. The maximum absolute atomic E-state index is 6.22. The number of furan rings is 1.